The molecule has 0 bridgehead atoms. The van der Waals surface area contributed by atoms with E-state index in [1.54, 1.807) is 0 Å². The first-order valence-electron chi connectivity index (χ1n) is 6.88. The smallest absolute Gasteiger partial charge is 0.119 e. The Morgan fingerprint density at radius 1 is 1.28 bits per heavy atom. The molecular formula is C15H23NO2. The normalized spacial score (nSPS) is 17.9. The number of aliphatic hydroxyl groups is 1. The summed E-state index contributed by atoms with van der Waals surface area (Å²) in [4.78, 5) is 0. The largest absolute Gasteiger partial charge is 0.490 e. The molecule has 0 aromatic heterocycles. The fourth-order valence-corrected chi connectivity index (χ4v) is 2.24. The van der Waals surface area contributed by atoms with Crippen molar-refractivity contribution in [2.24, 2.45) is 0 Å². The first-order valence-corrected chi connectivity index (χ1v) is 6.88. The molecule has 0 spiro atoms. The number of nitrogens with one attached hydrogen (secondary N) is 1. The van der Waals surface area contributed by atoms with Crippen molar-refractivity contribution in [1.29, 1.82) is 0 Å². The SMILES string of the molecule is CC(CO)NCc1ccc(OC2CCCC2)cc1. The number of benzene rings is 1. The predicted octanol–water partition coefficient (Wildman–Crippen LogP) is 2.48. The van der Waals surface area contributed by atoms with Crippen molar-refractivity contribution in [3.05, 3.63) is 29.8 Å². The van der Waals surface area contributed by atoms with Gasteiger partial charge in [0.15, 0.2) is 0 Å². The van der Waals surface area contributed by atoms with Gasteiger partial charge in [-0.1, -0.05) is 12.1 Å². The molecule has 3 heteroatoms. The van der Waals surface area contributed by atoms with Crippen LogP contribution in [0.5, 0.6) is 5.75 Å². The number of hydrogen-bond donors (Lipinski definition) is 2. The minimum absolute atomic E-state index is 0.138. The summed E-state index contributed by atoms with van der Waals surface area (Å²) in [6, 6.07) is 8.39. The van der Waals surface area contributed by atoms with Gasteiger partial charge in [0, 0.05) is 12.6 Å². The number of aliphatic hydroxyl groups excluding tert-OH is 1. The Labute approximate surface area is 109 Å². The fraction of sp³-hybridized carbons (Fsp3) is 0.600. The minimum atomic E-state index is 0.138. The van der Waals surface area contributed by atoms with Crippen LogP contribution in [-0.2, 0) is 6.54 Å². The zero-order valence-electron chi connectivity index (χ0n) is 11.1. The van der Waals surface area contributed by atoms with Gasteiger partial charge in [-0.15, -0.1) is 0 Å². The lowest BCUT2D eigenvalue weighted by Crippen LogP contribution is -2.28. The molecule has 1 fully saturated rings. The molecule has 1 aliphatic carbocycles. The summed E-state index contributed by atoms with van der Waals surface area (Å²) in [5.41, 5.74) is 1.22. The highest BCUT2D eigenvalue weighted by Gasteiger charge is 2.16. The summed E-state index contributed by atoms with van der Waals surface area (Å²) in [5.74, 6) is 0.973. The van der Waals surface area contributed by atoms with E-state index in [1.165, 1.54) is 31.2 Å². The highest BCUT2D eigenvalue weighted by Crippen LogP contribution is 2.24. The molecule has 1 unspecified atom stereocenters. The van der Waals surface area contributed by atoms with Crippen molar-refractivity contribution in [3.8, 4) is 5.75 Å². The van der Waals surface area contributed by atoms with Crippen LogP contribution >= 0.6 is 0 Å². The molecular weight excluding hydrogens is 226 g/mol. The van der Waals surface area contributed by atoms with Gasteiger partial charge in [0.25, 0.3) is 0 Å². The molecule has 0 heterocycles. The third-order valence-corrected chi connectivity index (χ3v) is 3.46. The lowest BCUT2D eigenvalue weighted by atomic mass is 10.2. The van der Waals surface area contributed by atoms with Gasteiger partial charge in [-0.3, -0.25) is 0 Å². The summed E-state index contributed by atoms with van der Waals surface area (Å²) in [6.07, 6.45) is 5.40. The van der Waals surface area contributed by atoms with E-state index >= 15 is 0 Å². The summed E-state index contributed by atoms with van der Waals surface area (Å²) in [5, 5.41) is 12.2. The van der Waals surface area contributed by atoms with E-state index in [0.717, 1.165) is 12.3 Å². The second-order valence-corrected chi connectivity index (χ2v) is 5.13. The van der Waals surface area contributed by atoms with Gasteiger partial charge >= 0.3 is 0 Å². The third-order valence-electron chi connectivity index (χ3n) is 3.46. The Kier molecular flexibility index (Phi) is 5.02. The lowest BCUT2D eigenvalue weighted by Gasteiger charge is -2.14. The monoisotopic (exact) mass is 249 g/mol. The molecule has 3 nitrogen and oxygen atoms in total. The molecule has 1 aromatic rings. The van der Waals surface area contributed by atoms with Crippen LogP contribution in [0.25, 0.3) is 0 Å². The minimum Gasteiger partial charge on any atom is -0.490 e. The topological polar surface area (TPSA) is 41.5 Å². The lowest BCUT2D eigenvalue weighted by molar-refractivity contribution is 0.210. The Morgan fingerprint density at radius 3 is 2.56 bits per heavy atom. The maximum Gasteiger partial charge on any atom is 0.119 e. The molecule has 2 N–H and O–H groups in total. The van der Waals surface area contributed by atoms with E-state index in [2.05, 4.69) is 17.4 Å². The Balaban J connectivity index is 1.81. The first kappa shape index (κ1) is 13.4. The molecule has 1 saturated carbocycles. The molecule has 1 atom stereocenters. The van der Waals surface area contributed by atoms with Crippen LogP contribution in [0.1, 0.15) is 38.2 Å². The van der Waals surface area contributed by atoms with Crippen molar-refractivity contribution in [3.63, 3.8) is 0 Å². The summed E-state index contributed by atoms with van der Waals surface area (Å²) >= 11 is 0. The van der Waals surface area contributed by atoms with Gasteiger partial charge in [0.05, 0.1) is 12.7 Å². The standard InChI is InChI=1S/C15H23NO2/c1-12(11-17)16-10-13-6-8-15(9-7-13)18-14-4-2-3-5-14/h6-9,12,14,16-17H,2-5,10-11H2,1H3. The van der Waals surface area contributed by atoms with Crippen molar-refractivity contribution in [2.45, 2.75) is 51.3 Å². The van der Waals surface area contributed by atoms with E-state index in [4.69, 9.17) is 9.84 Å². The second kappa shape index (κ2) is 6.76. The molecule has 1 aromatic carbocycles. The highest BCUT2D eigenvalue weighted by molar-refractivity contribution is 5.27. The summed E-state index contributed by atoms with van der Waals surface area (Å²) in [6.45, 7) is 2.92. The van der Waals surface area contributed by atoms with Crippen LogP contribution < -0.4 is 10.1 Å². The van der Waals surface area contributed by atoms with Crippen LogP contribution in [0, 0.1) is 0 Å². The van der Waals surface area contributed by atoms with Gasteiger partial charge in [-0.05, 0) is 50.3 Å². The predicted molar refractivity (Wildman–Crippen MR) is 72.7 cm³/mol. The van der Waals surface area contributed by atoms with Crippen molar-refractivity contribution >= 4 is 0 Å². The Hall–Kier alpha value is -1.06. The van der Waals surface area contributed by atoms with Crippen molar-refractivity contribution in [2.75, 3.05) is 6.61 Å². The van der Waals surface area contributed by atoms with Crippen molar-refractivity contribution in [1.82, 2.24) is 5.32 Å². The van der Waals surface area contributed by atoms with E-state index < -0.39 is 0 Å². The molecule has 0 saturated heterocycles. The fourth-order valence-electron chi connectivity index (χ4n) is 2.24. The van der Waals surface area contributed by atoms with Gasteiger partial charge in [-0.25, -0.2) is 0 Å². The highest BCUT2D eigenvalue weighted by atomic mass is 16.5. The Morgan fingerprint density at radius 2 is 1.94 bits per heavy atom. The van der Waals surface area contributed by atoms with Crippen LogP contribution in [0.15, 0.2) is 24.3 Å². The van der Waals surface area contributed by atoms with Crippen LogP contribution in [-0.4, -0.2) is 23.9 Å². The Bertz CT molecular complexity index is 344. The molecule has 100 valence electrons. The van der Waals surface area contributed by atoms with Gasteiger partial charge in [-0.2, -0.15) is 0 Å². The summed E-state index contributed by atoms with van der Waals surface area (Å²) < 4.78 is 5.92. The maximum atomic E-state index is 8.93. The third kappa shape index (κ3) is 4.00. The van der Waals surface area contributed by atoms with Crippen LogP contribution in [0.2, 0.25) is 0 Å². The average molecular weight is 249 g/mol. The number of rotatable bonds is 6. The quantitative estimate of drug-likeness (QED) is 0.814. The maximum absolute atomic E-state index is 8.93. The number of hydrogen-bond acceptors (Lipinski definition) is 3. The van der Waals surface area contributed by atoms with E-state index in [0.29, 0.717) is 6.10 Å². The molecule has 0 aliphatic heterocycles. The zero-order valence-corrected chi connectivity index (χ0v) is 11.1. The molecule has 0 amide bonds. The molecule has 1 aliphatic rings. The van der Waals surface area contributed by atoms with Crippen LogP contribution in [0.3, 0.4) is 0 Å². The van der Waals surface area contributed by atoms with Crippen molar-refractivity contribution < 1.29 is 9.84 Å². The molecule has 18 heavy (non-hydrogen) atoms. The summed E-state index contributed by atoms with van der Waals surface area (Å²) in [7, 11) is 0. The van der Waals surface area contributed by atoms with Crippen LogP contribution in [0.4, 0.5) is 0 Å². The zero-order chi connectivity index (χ0) is 12.8. The average Bonchev–Trinajstić information content (AvgIpc) is 2.90. The van der Waals surface area contributed by atoms with E-state index in [1.807, 2.05) is 19.1 Å². The van der Waals surface area contributed by atoms with Gasteiger partial charge < -0.3 is 15.2 Å². The van der Waals surface area contributed by atoms with Gasteiger partial charge in [0.1, 0.15) is 5.75 Å². The molecule has 0 radical (unpaired) electrons. The van der Waals surface area contributed by atoms with E-state index in [9.17, 15) is 0 Å². The second-order valence-electron chi connectivity index (χ2n) is 5.13. The first-order chi connectivity index (χ1) is 8.78. The van der Waals surface area contributed by atoms with E-state index in [-0.39, 0.29) is 12.6 Å². The van der Waals surface area contributed by atoms with Gasteiger partial charge in [0.2, 0.25) is 0 Å². The molecule has 2 rings (SSSR count). The number of ether oxygens (including phenoxy) is 1.